The highest BCUT2D eigenvalue weighted by Crippen LogP contribution is 2.20. The first kappa shape index (κ1) is 20.7. The van der Waals surface area contributed by atoms with Crippen molar-refractivity contribution in [3.63, 3.8) is 0 Å². The molecule has 1 amide bonds. The molecule has 0 heterocycles. The van der Waals surface area contributed by atoms with E-state index in [0.29, 0.717) is 5.69 Å². The van der Waals surface area contributed by atoms with Gasteiger partial charge >= 0.3 is 16.0 Å². The summed E-state index contributed by atoms with van der Waals surface area (Å²) in [6.07, 6.45) is 0. The SMILES string of the molecule is O=C(O)c1ccc(NC(=O)c2ccccc2NS(=O)(=O)C(=O)c2ccccc2)cc1. The fourth-order valence-corrected chi connectivity index (χ4v) is 3.59. The third-order valence-corrected chi connectivity index (χ3v) is 5.27. The predicted octanol–water partition coefficient (Wildman–Crippen LogP) is 3.22. The van der Waals surface area contributed by atoms with Crippen molar-refractivity contribution in [2.45, 2.75) is 0 Å². The summed E-state index contributed by atoms with van der Waals surface area (Å²) in [5, 5.41) is 10.4. The van der Waals surface area contributed by atoms with E-state index in [2.05, 4.69) is 10.0 Å². The third-order valence-electron chi connectivity index (χ3n) is 4.06. The molecule has 0 spiro atoms. The number of carbonyl (C=O) groups is 3. The standard InChI is InChI=1S/C21H16N2O6S/c24-19(22-16-12-10-14(11-13-16)20(25)26)17-8-4-5-9-18(17)23-30(28,29)21(27)15-6-2-1-3-7-15/h1-13,23H,(H,22,24)(H,25,26). The molecule has 0 unspecified atom stereocenters. The van der Waals surface area contributed by atoms with Gasteiger partial charge in [0.2, 0.25) is 0 Å². The molecule has 0 aliphatic rings. The molecular weight excluding hydrogens is 408 g/mol. The van der Waals surface area contributed by atoms with Crippen molar-refractivity contribution in [2.75, 3.05) is 10.0 Å². The van der Waals surface area contributed by atoms with Crippen molar-refractivity contribution in [1.82, 2.24) is 0 Å². The number of amides is 1. The van der Waals surface area contributed by atoms with Gasteiger partial charge in [0.1, 0.15) is 0 Å². The van der Waals surface area contributed by atoms with Crippen molar-refractivity contribution in [3.05, 3.63) is 95.6 Å². The Morgan fingerprint density at radius 2 is 1.33 bits per heavy atom. The van der Waals surface area contributed by atoms with E-state index in [4.69, 9.17) is 5.11 Å². The molecule has 8 nitrogen and oxygen atoms in total. The first-order valence-electron chi connectivity index (χ1n) is 8.64. The lowest BCUT2D eigenvalue weighted by molar-refractivity contribution is 0.0696. The first-order valence-corrected chi connectivity index (χ1v) is 10.1. The molecule has 0 aliphatic heterocycles. The van der Waals surface area contributed by atoms with Gasteiger partial charge in [-0.15, -0.1) is 0 Å². The Hall–Kier alpha value is -3.98. The van der Waals surface area contributed by atoms with Gasteiger partial charge in [-0.05, 0) is 36.4 Å². The molecule has 30 heavy (non-hydrogen) atoms. The number of carbonyl (C=O) groups excluding carboxylic acids is 2. The molecular formula is C21H16N2O6S. The van der Waals surface area contributed by atoms with Crippen molar-refractivity contribution in [3.8, 4) is 0 Å². The van der Waals surface area contributed by atoms with Crippen LogP contribution < -0.4 is 10.0 Å². The molecule has 3 aromatic rings. The number of aromatic carboxylic acids is 1. The lowest BCUT2D eigenvalue weighted by atomic mass is 10.1. The Morgan fingerprint density at radius 3 is 1.97 bits per heavy atom. The van der Waals surface area contributed by atoms with E-state index in [1.54, 1.807) is 24.3 Å². The van der Waals surface area contributed by atoms with Gasteiger partial charge in [0.05, 0.1) is 16.8 Å². The number of benzene rings is 3. The fraction of sp³-hybridized carbons (Fsp3) is 0. The molecule has 0 fully saturated rings. The van der Waals surface area contributed by atoms with Crippen molar-refractivity contribution >= 4 is 38.4 Å². The zero-order valence-corrected chi connectivity index (χ0v) is 16.2. The van der Waals surface area contributed by atoms with E-state index in [1.807, 2.05) is 0 Å². The van der Waals surface area contributed by atoms with Crippen LogP contribution in [0.2, 0.25) is 0 Å². The smallest absolute Gasteiger partial charge is 0.335 e. The first-order chi connectivity index (χ1) is 14.3. The van der Waals surface area contributed by atoms with E-state index >= 15 is 0 Å². The van der Waals surface area contributed by atoms with Gasteiger partial charge < -0.3 is 10.4 Å². The maximum absolute atomic E-state index is 12.6. The summed E-state index contributed by atoms with van der Waals surface area (Å²) in [5.41, 5.74) is 0.291. The van der Waals surface area contributed by atoms with Gasteiger partial charge in [-0.2, -0.15) is 8.42 Å². The molecule has 0 saturated carbocycles. The number of hydrogen-bond donors (Lipinski definition) is 3. The van der Waals surface area contributed by atoms with Crippen molar-refractivity contribution in [2.24, 2.45) is 0 Å². The highest BCUT2D eigenvalue weighted by molar-refractivity contribution is 8.07. The van der Waals surface area contributed by atoms with Crippen LogP contribution in [0, 0.1) is 0 Å². The Labute approximate surface area is 172 Å². The lowest BCUT2D eigenvalue weighted by Gasteiger charge is -2.12. The molecule has 0 aromatic heterocycles. The van der Waals surface area contributed by atoms with Crippen molar-refractivity contribution in [1.29, 1.82) is 0 Å². The van der Waals surface area contributed by atoms with Crippen LogP contribution in [0.15, 0.2) is 78.9 Å². The number of carboxylic acids is 1. The summed E-state index contributed by atoms with van der Waals surface area (Å²) in [5.74, 6) is -1.74. The Balaban J connectivity index is 1.82. The third kappa shape index (κ3) is 4.70. The van der Waals surface area contributed by atoms with Gasteiger partial charge in [0.25, 0.3) is 11.0 Å². The minimum Gasteiger partial charge on any atom is -0.478 e. The van der Waals surface area contributed by atoms with Crippen LogP contribution in [0.4, 0.5) is 11.4 Å². The number of carboxylic acid groups (broad SMARTS) is 1. The topological polar surface area (TPSA) is 130 Å². The highest BCUT2D eigenvalue weighted by atomic mass is 32.2. The van der Waals surface area contributed by atoms with E-state index in [-0.39, 0.29) is 22.4 Å². The van der Waals surface area contributed by atoms with Crippen LogP contribution >= 0.6 is 0 Å². The summed E-state index contributed by atoms with van der Waals surface area (Å²) in [6, 6.07) is 18.8. The zero-order valence-electron chi connectivity index (χ0n) is 15.4. The Morgan fingerprint density at radius 1 is 0.733 bits per heavy atom. The summed E-state index contributed by atoms with van der Waals surface area (Å²) >= 11 is 0. The normalized spacial score (nSPS) is 10.8. The van der Waals surface area contributed by atoms with Gasteiger partial charge in [0, 0.05) is 11.3 Å². The Kier molecular flexibility index (Phi) is 5.93. The number of anilines is 2. The maximum atomic E-state index is 12.6. The van der Waals surface area contributed by atoms with Crippen LogP contribution in [0.25, 0.3) is 0 Å². The number of hydrogen-bond acceptors (Lipinski definition) is 5. The molecule has 9 heteroatoms. The van der Waals surface area contributed by atoms with Crippen LogP contribution in [-0.2, 0) is 10.0 Å². The van der Waals surface area contributed by atoms with Gasteiger partial charge in [-0.25, -0.2) is 4.79 Å². The molecule has 0 atom stereocenters. The van der Waals surface area contributed by atoms with E-state index in [0.717, 1.165) is 0 Å². The second-order valence-electron chi connectivity index (χ2n) is 6.14. The highest BCUT2D eigenvalue weighted by Gasteiger charge is 2.25. The lowest BCUT2D eigenvalue weighted by Crippen LogP contribution is -2.25. The number of para-hydroxylation sites is 1. The van der Waals surface area contributed by atoms with E-state index in [1.165, 1.54) is 54.6 Å². The van der Waals surface area contributed by atoms with Crippen LogP contribution in [0.5, 0.6) is 0 Å². The summed E-state index contributed by atoms with van der Waals surface area (Å²) in [6.45, 7) is 0. The summed E-state index contributed by atoms with van der Waals surface area (Å²) < 4.78 is 27.1. The molecule has 0 saturated heterocycles. The molecule has 3 rings (SSSR count). The molecule has 0 radical (unpaired) electrons. The minimum absolute atomic E-state index is 0.00884. The second-order valence-corrected chi connectivity index (χ2v) is 7.72. The van der Waals surface area contributed by atoms with Crippen LogP contribution in [0.1, 0.15) is 31.1 Å². The van der Waals surface area contributed by atoms with E-state index < -0.39 is 27.0 Å². The molecule has 0 bridgehead atoms. The Bertz CT molecular complexity index is 1210. The quantitative estimate of drug-likeness (QED) is 0.557. The van der Waals surface area contributed by atoms with Gasteiger partial charge in [0.15, 0.2) is 0 Å². The molecule has 3 aromatic carbocycles. The summed E-state index contributed by atoms with van der Waals surface area (Å²) in [4.78, 5) is 35.9. The van der Waals surface area contributed by atoms with Crippen LogP contribution in [-0.4, -0.2) is 30.5 Å². The fourth-order valence-electron chi connectivity index (χ4n) is 2.59. The predicted molar refractivity (Wildman–Crippen MR) is 111 cm³/mol. The monoisotopic (exact) mass is 424 g/mol. The van der Waals surface area contributed by atoms with Gasteiger partial charge in [-0.1, -0.05) is 42.5 Å². The zero-order chi connectivity index (χ0) is 21.7. The second kappa shape index (κ2) is 8.58. The van der Waals surface area contributed by atoms with Gasteiger partial charge in [-0.3, -0.25) is 14.3 Å². The average molecular weight is 424 g/mol. The molecule has 152 valence electrons. The largest absolute Gasteiger partial charge is 0.478 e. The van der Waals surface area contributed by atoms with E-state index in [9.17, 15) is 22.8 Å². The molecule has 0 aliphatic carbocycles. The van der Waals surface area contributed by atoms with Crippen LogP contribution in [0.3, 0.4) is 0 Å². The summed E-state index contributed by atoms with van der Waals surface area (Å²) in [7, 11) is -4.44. The molecule has 3 N–H and O–H groups in total. The average Bonchev–Trinajstić information content (AvgIpc) is 2.74. The number of nitrogens with one attached hydrogen (secondary N) is 2. The van der Waals surface area contributed by atoms with Crippen molar-refractivity contribution < 1.29 is 27.9 Å². The maximum Gasteiger partial charge on any atom is 0.335 e. The number of rotatable bonds is 6. The number of sulfonamides is 1. The minimum atomic E-state index is -4.44.